The Kier molecular flexibility index (Phi) is 3.37. The molecule has 2 aromatic heterocycles. The molecule has 0 amide bonds. The van der Waals surface area contributed by atoms with Crippen LogP contribution in [0.3, 0.4) is 0 Å². The molecule has 20 heavy (non-hydrogen) atoms. The Labute approximate surface area is 116 Å². The summed E-state index contributed by atoms with van der Waals surface area (Å²) >= 11 is 0. The fourth-order valence-electron chi connectivity index (χ4n) is 2.46. The molecule has 1 aliphatic heterocycles. The molecular weight excluding hydrogens is 256 g/mol. The van der Waals surface area contributed by atoms with Gasteiger partial charge in [0.2, 0.25) is 11.4 Å². The normalized spacial score (nSPS) is 14.6. The van der Waals surface area contributed by atoms with E-state index in [4.69, 9.17) is 4.74 Å². The number of rotatable bonds is 2. The Bertz CT molecular complexity index is 668. The molecule has 0 radical (unpaired) electrons. The topological polar surface area (TPSA) is 71.1 Å². The molecule has 0 spiro atoms. The maximum atomic E-state index is 11.4. The third kappa shape index (κ3) is 2.49. The van der Waals surface area contributed by atoms with Crippen molar-refractivity contribution in [3.05, 3.63) is 46.1 Å². The molecule has 2 aromatic rings. The van der Waals surface area contributed by atoms with Crippen LogP contribution in [0.5, 0.6) is 5.88 Å². The summed E-state index contributed by atoms with van der Waals surface area (Å²) < 4.78 is 5.13. The number of nitrogens with one attached hydrogen (secondary N) is 1. The van der Waals surface area contributed by atoms with Gasteiger partial charge < -0.3 is 14.6 Å². The van der Waals surface area contributed by atoms with Crippen molar-refractivity contribution in [1.82, 2.24) is 15.0 Å². The lowest BCUT2D eigenvalue weighted by Gasteiger charge is -2.21. The number of aromatic nitrogens is 3. The van der Waals surface area contributed by atoms with E-state index in [2.05, 4.69) is 19.9 Å². The number of hydrogen-bond acceptors (Lipinski definition) is 5. The minimum absolute atomic E-state index is 0.0408. The van der Waals surface area contributed by atoms with E-state index in [1.807, 2.05) is 12.1 Å². The molecule has 6 heteroatoms. The van der Waals surface area contributed by atoms with Gasteiger partial charge in [-0.3, -0.25) is 4.79 Å². The second kappa shape index (κ2) is 5.32. The van der Waals surface area contributed by atoms with Gasteiger partial charge >= 0.3 is 0 Å². The highest BCUT2D eigenvalue weighted by Gasteiger charge is 2.16. The van der Waals surface area contributed by atoms with Gasteiger partial charge in [-0.25, -0.2) is 9.97 Å². The van der Waals surface area contributed by atoms with Crippen molar-refractivity contribution >= 4 is 5.82 Å². The third-order valence-corrected chi connectivity index (χ3v) is 3.54. The summed E-state index contributed by atoms with van der Waals surface area (Å²) in [6.07, 6.45) is 3.20. The van der Waals surface area contributed by atoms with Crippen molar-refractivity contribution in [2.45, 2.75) is 12.8 Å². The number of aromatic amines is 1. The second-order valence-corrected chi connectivity index (χ2v) is 4.73. The lowest BCUT2D eigenvalue weighted by atomic mass is 10.1. The fourth-order valence-corrected chi connectivity index (χ4v) is 2.46. The number of pyridine rings is 1. The second-order valence-electron chi connectivity index (χ2n) is 4.73. The standard InChI is InChI=1S/C14H16N4O2/c1-20-14-8-12(15-9-16-14)18-6-4-10-2-3-13(19)17-11(10)5-7-18/h2-3,8-9H,4-7H2,1H3,(H,17,19). The molecule has 3 heterocycles. The summed E-state index contributed by atoms with van der Waals surface area (Å²) in [6.45, 7) is 1.67. The third-order valence-electron chi connectivity index (χ3n) is 3.54. The van der Waals surface area contributed by atoms with Gasteiger partial charge in [0.1, 0.15) is 12.1 Å². The number of anilines is 1. The highest BCUT2D eigenvalue weighted by atomic mass is 16.5. The van der Waals surface area contributed by atoms with Crippen molar-refractivity contribution in [2.24, 2.45) is 0 Å². The van der Waals surface area contributed by atoms with E-state index < -0.39 is 0 Å². The molecule has 0 aliphatic carbocycles. The van der Waals surface area contributed by atoms with Crippen LogP contribution in [0.2, 0.25) is 0 Å². The average Bonchev–Trinajstić information content (AvgIpc) is 2.69. The molecule has 0 fully saturated rings. The molecule has 0 bridgehead atoms. The maximum Gasteiger partial charge on any atom is 0.248 e. The van der Waals surface area contributed by atoms with Gasteiger partial charge in [0.25, 0.3) is 0 Å². The van der Waals surface area contributed by atoms with E-state index in [0.717, 1.165) is 37.4 Å². The van der Waals surface area contributed by atoms with Crippen LogP contribution in [-0.2, 0) is 12.8 Å². The summed E-state index contributed by atoms with van der Waals surface area (Å²) in [7, 11) is 1.59. The van der Waals surface area contributed by atoms with Crippen molar-refractivity contribution in [3.8, 4) is 5.88 Å². The Balaban J connectivity index is 1.83. The van der Waals surface area contributed by atoms with Crippen LogP contribution in [0.1, 0.15) is 11.3 Å². The number of H-pyrrole nitrogens is 1. The van der Waals surface area contributed by atoms with Gasteiger partial charge in [0.05, 0.1) is 7.11 Å². The molecule has 0 saturated heterocycles. The Morgan fingerprint density at radius 2 is 2.10 bits per heavy atom. The van der Waals surface area contributed by atoms with Gasteiger partial charge in [-0.2, -0.15) is 0 Å². The minimum Gasteiger partial charge on any atom is -0.481 e. The molecular formula is C14H16N4O2. The molecule has 0 saturated carbocycles. The first kappa shape index (κ1) is 12.7. The first-order valence-corrected chi connectivity index (χ1v) is 6.58. The smallest absolute Gasteiger partial charge is 0.248 e. The van der Waals surface area contributed by atoms with Gasteiger partial charge in [0.15, 0.2) is 0 Å². The number of hydrogen-bond donors (Lipinski definition) is 1. The summed E-state index contributed by atoms with van der Waals surface area (Å²) in [5, 5.41) is 0. The van der Waals surface area contributed by atoms with Crippen molar-refractivity contribution in [3.63, 3.8) is 0 Å². The van der Waals surface area contributed by atoms with E-state index in [-0.39, 0.29) is 5.56 Å². The molecule has 6 nitrogen and oxygen atoms in total. The quantitative estimate of drug-likeness (QED) is 0.874. The van der Waals surface area contributed by atoms with E-state index in [9.17, 15) is 4.79 Å². The van der Waals surface area contributed by atoms with Gasteiger partial charge in [-0.15, -0.1) is 0 Å². The van der Waals surface area contributed by atoms with E-state index in [0.29, 0.717) is 5.88 Å². The Hall–Kier alpha value is -2.37. The zero-order valence-corrected chi connectivity index (χ0v) is 11.3. The summed E-state index contributed by atoms with van der Waals surface area (Å²) in [5.74, 6) is 1.41. The van der Waals surface area contributed by atoms with Crippen LogP contribution in [0.25, 0.3) is 0 Å². The van der Waals surface area contributed by atoms with Crippen LogP contribution < -0.4 is 15.2 Å². The van der Waals surface area contributed by atoms with E-state index in [1.165, 1.54) is 11.9 Å². The molecule has 3 rings (SSSR count). The number of fused-ring (bicyclic) bond motifs is 1. The molecule has 0 aromatic carbocycles. The highest BCUT2D eigenvalue weighted by molar-refractivity contribution is 5.42. The molecule has 0 unspecified atom stereocenters. The predicted molar refractivity (Wildman–Crippen MR) is 75.3 cm³/mol. The van der Waals surface area contributed by atoms with Gasteiger partial charge in [-0.05, 0) is 12.0 Å². The molecule has 104 valence electrons. The van der Waals surface area contributed by atoms with Gasteiger partial charge in [0, 0.05) is 37.3 Å². The number of ether oxygens (including phenoxy) is 1. The van der Waals surface area contributed by atoms with Crippen LogP contribution in [-0.4, -0.2) is 35.2 Å². The molecule has 0 atom stereocenters. The predicted octanol–water partition coefficient (Wildman–Crippen LogP) is 0.779. The minimum atomic E-state index is -0.0408. The van der Waals surface area contributed by atoms with Crippen molar-refractivity contribution < 1.29 is 4.74 Å². The first-order chi connectivity index (χ1) is 9.76. The maximum absolute atomic E-state index is 11.4. The number of methoxy groups -OCH3 is 1. The average molecular weight is 272 g/mol. The first-order valence-electron chi connectivity index (χ1n) is 6.58. The Morgan fingerprint density at radius 1 is 1.25 bits per heavy atom. The summed E-state index contributed by atoms with van der Waals surface area (Å²) in [5.41, 5.74) is 2.19. The van der Waals surface area contributed by atoms with Crippen LogP contribution in [0.15, 0.2) is 29.3 Å². The van der Waals surface area contributed by atoms with E-state index >= 15 is 0 Å². The lowest BCUT2D eigenvalue weighted by molar-refractivity contribution is 0.396. The summed E-state index contributed by atoms with van der Waals surface area (Å²) in [4.78, 5) is 24.8. The zero-order chi connectivity index (χ0) is 13.9. The number of nitrogens with zero attached hydrogens (tertiary/aromatic N) is 3. The monoisotopic (exact) mass is 272 g/mol. The van der Waals surface area contributed by atoms with Crippen LogP contribution >= 0.6 is 0 Å². The SMILES string of the molecule is COc1cc(N2CCc3ccc(=O)[nH]c3CC2)ncn1. The largest absolute Gasteiger partial charge is 0.481 e. The molecule has 1 N–H and O–H groups in total. The lowest BCUT2D eigenvalue weighted by Crippen LogP contribution is -2.27. The summed E-state index contributed by atoms with van der Waals surface area (Å²) in [6, 6.07) is 5.33. The van der Waals surface area contributed by atoms with Crippen LogP contribution in [0, 0.1) is 0 Å². The van der Waals surface area contributed by atoms with Crippen molar-refractivity contribution in [2.75, 3.05) is 25.1 Å². The van der Waals surface area contributed by atoms with Gasteiger partial charge in [-0.1, -0.05) is 6.07 Å². The van der Waals surface area contributed by atoms with Crippen LogP contribution in [0.4, 0.5) is 5.82 Å². The molecule has 1 aliphatic rings. The fraction of sp³-hybridized carbons (Fsp3) is 0.357. The van der Waals surface area contributed by atoms with Crippen molar-refractivity contribution in [1.29, 1.82) is 0 Å². The highest BCUT2D eigenvalue weighted by Crippen LogP contribution is 2.19. The van der Waals surface area contributed by atoms with E-state index in [1.54, 1.807) is 13.2 Å². The Morgan fingerprint density at radius 3 is 2.95 bits per heavy atom. The zero-order valence-electron chi connectivity index (χ0n) is 11.3.